The predicted octanol–water partition coefficient (Wildman–Crippen LogP) is 3.24. The molecule has 1 fully saturated rings. The molecular weight excluding hydrogens is 344 g/mol. The molecule has 27 heavy (non-hydrogen) atoms. The number of hydrogen-bond acceptors (Lipinski definition) is 4. The zero-order valence-electron chi connectivity index (χ0n) is 16.6. The lowest BCUT2D eigenvalue weighted by molar-refractivity contribution is -0.138. The molecule has 0 saturated carbocycles. The zero-order valence-corrected chi connectivity index (χ0v) is 16.6. The van der Waals surface area contributed by atoms with Crippen LogP contribution in [0.25, 0.3) is 0 Å². The second kappa shape index (κ2) is 8.63. The monoisotopic (exact) mass is 374 g/mol. The lowest BCUT2D eigenvalue weighted by Crippen LogP contribution is -2.43. The summed E-state index contributed by atoms with van der Waals surface area (Å²) in [7, 11) is 0. The van der Waals surface area contributed by atoms with E-state index in [1.165, 1.54) is 0 Å². The highest BCUT2D eigenvalue weighted by atomic mass is 16.6. The van der Waals surface area contributed by atoms with Crippen LogP contribution in [0.4, 0.5) is 5.69 Å². The van der Waals surface area contributed by atoms with Crippen molar-refractivity contribution < 1.29 is 19.1 Å². The van der Waals surface area contributed by atoms with Crippen LogP contribution in [0.3, 0.4) is 0 Å². The Morgan fingerprint density at radius 1 is 1.26 bits per heavy atom. The van der Waals surface area contributed by atoms with Gasteiger partial charge in [-0.2, -0.15) is 0 Å². The predicted molar refractivity (Wildman–Crippen MR) is 104 cm³/mol. The standard InChI is InChI=1S/C21H30N2O4/c1-4-6-9-22(15(3)5-2)21(25)16-12-20(24)23(14-16)17-7-8-18-19(13-17)27-11-10-26-18/h7-8,13,15-16H,4-6,9-12,14H2,1-3H3. The minimum Gasteiger partial charge on any atom is -0.486 e. The Hall–Kier alpha value is -2.24. The van der Waals surface area contributed by atoms with Gasteiger partial charge < -0.3 is 19.3 Å². The average molecular weight is 374 g/mol. The Kier molecular flexibility index (Phi) is 6.24. The average Bonchev–Trinajstić information content (AvgIpc) is 3.09. The van der Waals surface area contributed by atoms with Gasteiger partial charge in [-0.05, 0) is 31.9 Å². The maximum Gasteiger partial charge on any atom is 0.228 e. The summed E-state index contributed by atoms with van der Waals surface area (Å²) in [5.74, 6) is 1.17. The maximum absolute atomic E-state index is 13.1. The van der Waals surface area contributed by atoms with Crippen LogP contribution in [-0.2, 0) is 9.59 Å². The first kappa shape index (κ1) is 19.5. The molecule has 0 aliphatic carbocycles. The van der Waals surface area contributed by atoms with Crippen LogP contribution in [0.2, 0.25) is 0 Å². The van der Waals surface area contributed by atoms with Gasteiger partial charge >= 0.3 is 0 Å². The molecule has 2 heterocycles. The number of rotatable bonds is 7. The number of hydrogen-bond donors (Lipinski definition) is 0. The quantitative estimate of drug-likeness (QED) is 0.735. The second-order valence-corrected chi connectivity index (χ2v) is 7.38. The van der Waals surface area contributed by atoms with E-state index in [0.717, 1.165) is 31.5 Å². The van der Waals surface area contributed by atoms with Crippen LogP contribution in [0.5, 0.6) is 11.5 Å². The molecule has 0 aromatic heterocycles. The summed E-state index contributed by atoms with van der Waals surface area (Å²) in [6.45, 7) is 8.54. The highest BCUT2D eigenvalue weighted by molar-refractivity contribution is 6.00. The molecule has 2 amide bonds. The third-order valence-corrected chi connectivity index (χ3v) is 5.47. The first-order chi connectivity index (χ1) is 13.0. The minimum atomic E-state index is -0.281. The molecule has 0 spiro atoms. The molecule has 0 N–H and O–H groups in total. The van der Waals surface area contributed by atoms with Gasteiger partial charge in [-0.1, -0.05) is 20.3 Å². The fourth-order valence-corrected chi connectivity index (χ4v) is 3.65. The minimum absolute atomic E-state index is 0.00961. The van der Waals surface area contributed by atoms with Crippen molar-refractivity contribution in [1.82, 2.24) is 4.90 Å². The summed E-state index contributed by atoms with van der Waals surface area (Å²) < 4.78 is 11.2. The third-order valence-electron chi connectivity index (χ3n) is 5.47. The van der Waals surface area contributed by atoms with Gasteiger partial charge in [0.05, 0.1) is 5.92 Å². The number of ether oxygens (including phenoxy) is 2. The summed E-state index contributed by atoms with van der Waals surface area (Å²) in [4.78, 5) is 29.4. The van der Waals surface area contributed by atoms with Crippen LogP contribution in [0.15, 0.2) is 18.2 Å². The van der Waals surface area contributed by atoms with E-state index in [-0.39, 0.29) is 30.2 Å². The lowest BCUT2D eigenvalue weighted by Gasteiger charge is -2.31. The fraction of sp³-hybridized carbons (Fsp3) is 0.619. The molecule has 3 rings (SSSR count). The van der Waals surface area contributed by atoms with Gasteiger partial charge in [0.1, 0.15) is 13.2 Å². The number of carbonyl (C=O) groups is 2. The smallest absolute Gasteiger partial charge is 0.228 e. The number of benzene rings is 1. The van der Waals surface area contributed by atoms with E-state index in [9.17, 15) is 9.59 Å². The van der Waals surface area contributed by atoms with Crippen molar-refractivity contribution in [1.29, 1.82) is 0 Å². The molecule has 0 bridgehead atoms. The Morgan fingerprint density at radius 2 is 2.00 bits per heavy atom. The number of fused-ring (bicyclic) bond motifs is 1. The van der Waals surface area contributed by atoms with E-state index in [1.54, 1.807) is 4.90 Å². The summed E-state index contributed by atoms with van der Waals surface area (Å²) in [6, 6.07) is 5.73. The normalized spacial score (nSPS) is 19.9. The highest BCUT2D eigenvalue weighted by Gasteiger charge is 2.38. The van der Waals surface area contributed by atoms with Crippen molar-refractivity contribution in [3.05, 3.63) is 18.2 Å². The van der Waals surface area contributed by atoms with Crippen molar-refractivity contribution in [2.45, 2.75) is 52.5 Å². The molecule has 2 unspecified atom stereocenters. The van der Waals surface area contributed by atoms with Gasteiger partial charge in [0, 0.05) is 37.3 Å². The Bertz CT molecular complexity index is 691. The van der Waals surface area contributed by atoms with E-state index in [4.69, 9.17) is 9.47 Å². The van der Waals surface area contributed by atoms with Gasteiger partial charge in [-0.15, -0.1) is 0 Å². The number of anilines is 1. The van der Waals surface area contributed by atoms with Gasteiger partial charge in [0.2, 0.25) is 11.8 Å². The summed E-state index contributed by atoms with van der Waals surface area (Å²) in [5, 5.41) is 0. The van der Waals surface area contributed by atoms with E-state index in [2.05, 4.69) is 20.8 Å². The van der Waals surface area contributed by atoms with Crippen molar-refractivity contribution in [3.8, 4) is 11.5 Å². The van der Waals surface area contributed by atoms with Crippen molar-refractivity contribution in [3.63, 3.8) is 0 Å². The fourth-order valence-electron chi connectivity index (χ4n) is 3.65. The van der Waals surface area contributed by atoms with Crippen LogP contribution < -0.4 is 14.4 Å². The van der Waals surface area contributed by atoms with Gasteiger partial charge in [0.15, 0.2) is 11.5 Å². The number of nitrogens with zero attached hydrogens (tertiary/aromatic N) is 2. The topological polar surface area (TPSA) is 59.1 Å². The van der Waals surface area contributed by atoms with Crippen LogP contribution >= 0.6 is 0 Å². The van der Waals surface area contributed by atoms with Crippen molar-refractivity contribution >= 4 is 17.5 Å². The molecule has 2 aliphatic rings. The Balaban J connectivity index is 1.73. The lowest BCUT2D eigenvalue weighted by atomic mass is 10.0. The van der Waals surface area contributed by atoms with Crippen molar-refractivity contribution in [2.24, 2.45) is 5.92 Å². The molecular formula is C21H30N2O4. The number of amides is 2. The zero-order chi connectivity index (χ0) is 19.4. The molecule has 1 aromatic rings. The number of unbranched alkanes of at least 4 members (excludes halogenated alkanes) is 1. The highest BCUT2D eigenvalue weighted by Crippen LogP contribution is 2.36. The Labute approximate surface area is 161 Å². The molecule has 6 nitrogen and oxygen atoms in total. The summed E-state index contributed by atoms with van der Waals surface area (Å²) >= 11 is 0. The summed E-state index contributed by atoms with van der Waals surface area (Å²) in [6.07, 6.45) is 3.23. The molecule has 1 aromatic carbocycles. The van der Waals surface area contributed by atoms with E-state index >= 15 is 0 Å². The van der Waals surface area contributed by atoms with Crippen LogP contribution in [-0.4, -0.2) is 49.1 Å². The second-order valence-electron chi connectivity index (χ2n) is 7.38. The van der Waals surface area contributed by atoms with E-state index < -0.39 is 0 Å². The largest absolute Gasteiger partial charge is 0.486 e. The van der Waals surface area contributed by atoms with Gasteiger partial charge in [0.25, 0.3) is 0 Å². The Morgan fingerprint density at radius 3 is 2.70 bits per heavy atom. The molecule has 0 radical (unpaired) electrons. The third kappa shape index (κ3) is 4.20. The molecule has 2 aliphatic heterocycles. The van der Waals surface area contributed by atoms with E-state index in [0.29, 0.717) is 31.3 Å². The maximum atomic E-state index is 13.1. The van der Waals surface area contributed by atoms with Gasteiger partial charge in [-0.3, -0.25) is 9.59 Å². The summed E-state index contributed by atoms with van der Waals surface area (Å²) in [5.41, 5.74) is 0.767. The first-order valence-electron chi connectivity index (χ1n) is 10.1. The SMILES string of the molecule is CCCCN(C(=O)C1CC(=O)N(c2ccc3c(c2)OCCO3)C1)C(C)CC. The first-order valence-corrected chi connectivity index (χ1v) is 10.1. The molecule has 148 valence electrons. The van der Waals surface area contributed by atoms with Gasteiger partial charge in [-0.25, -0.2) is 0 Å². The van der Waals surface area contributed by atoms with Crippen LogP contribution in [0, 0.1) is 5.92 Å². The molecule has 2 atom stereocenters. The van der Waals surface area contributed by atoms with Crippen LogP contribution in [0.1, 0.15) is 46.5 Å². The van der Waals surface area contributed by atoms with Crippen molar-refractivity contribution in [2.75, 3.05) is 31.2 Å². The molecule has 1 saturated heterocycles. The number of carbonyl (C=O) groups excluding carboxylic acids is 2. The van der Waals surface area contributed by atoms with E-state index in [1.807, 2.05) is 23.1 Å². The molecule has 6 heteroatoms.